The Morgan fingerprint density at radius 2 is 1.65 bits per heavy atom. The van der Waals surface area contributed by atoms with Gasteiger partial charge in [-0.2, -0.15) is 0 Å². The molecule has 3 rings (SSSR count). The van der Waals surface area contributed by atoms with Crippen LogP contribution in [0.5, 0.6) is 23.0 Å². The maximum atomic E-state index is 12.1. The van der Waals surface area contributed by atoms with E-state index in [-0.39, 0.29) is 22.9 Å². The number of ketones is 1. The third-order valence-electron chi connectivity index (χ3n) is 2.99. The average molecular weight is 270 g/mol. The Kier molecular flexibility index (Phi) is 2.61. The number of rotatable bonds is 1. The topological polar surface area (TPSA) is 87.0 Å². The fraction of sp³-hybridized carbons (Fsp3) is 0. The second-order valence-electron chi connectivity index (χ2n) is 4.34. The van der Waals surface area contributed by atoms with Gasteiger partial charge in [-0.1, -0.05) is 12.1 Å². The minimum atomic E-state index is -0.438. The fourth-order valence-corrected chi connectivity index (χ4v) is 1.97. The standard InChI is InChI=1S/C15H10O5/c16-10-7-12(18)11(17)5-8(10)6-14-15(19)9-3-1-2-4-13(9)20-14/h1-7,16-18H. The Bertz CT molecular complexity index is 746. The van der Waals surface area contributed by atoms with Gasteiger partial charge in [-0.05, 0) is 24.3 Å². The number of Topliss-reactive ketones (excluding diaryl/α,β-unsaturated/α-hetero) is 1. The van der Waals surface area contributed by atoms with Crippen LogP contribution in [0.3, 0.4) is 0 Å². The van der Waals surface area contributed by atoms with Gasteiger partial charge in [0.1, 0.15) is 11.5 Å². The molecule has 5 heteroatoms. The number of hydrogen-bond donors (Lipinski definition) is 3. The van der Waals surface area contributed by atoms with Gasteiger partial charge >= 0.3 is 0 Å². The maximum absolute atomic E-state index is 12.1. The predicted molar refractivity (Wildman–Crippen MR) is 70.8 cm³/mol. The first kappa shape index (κ1) is 12.1. The van der Waals surface area contributed by atoms with Crippen LogP contribution in [-0.2, 0) is 0 Å². The molecular formula is C15H10O5. The Balaban J connectivity index is 2.04. The van der Waals surface area contributed by atoms with Crippen molar-refractivity contribution in [2.75, 3.05) is 0 Å². The second-order valence-corrected chi connectivity index (χ2v) is 4.34. The summed E-state index contributed by atoms with van der Waals surface area (Å²) < 4.78 is 5.40. The van der Waals surface area contributed by atoms with E-state index in [0.29, 0.717) is 11.3 Å². The highest BCUT2D eigenvalue weighted by Crippen LogP contribution is 2.36. The fourth-order valence-electron chi connectivity index (χ4n) is 1.97. The van der Waals surface area contributed by atoms with Crippen LogP contribution in [0.15, 0.2) is 42.2 Å². The van der Waals surface area contributed by atoms with Crippen molar-refractivity contribution in [1.29, 1.82) is 0 Å². The summed E-state index contributed by atoms with van der Waals surface area (Å²) in [5.41, 5.74) is 0.623. The van der Waals surface area contributed by atoms with Gasteiger partial charge in [0, 0.05) is 11.6 Å². The van der Waals surface area contributed by atoms with Crippen molar-refractivity contribution in [1.82, 2.24) is 0 Å². The van der Waals surface area contributed by atoms with Gasteiger partial charge in [0.15, 0.2) is 17.3 Å². The monoisotopic (exact) mass is 270 g/mol. The third kappa shape index (κ3) is 1.85. The minimum Gasteiger partial charge on any atom is -0.507 e. The van der Waals surface area contributed by atoms with Crippen molar-refractivity contribution in [3.63, 3.8) is 0 Å². The summed E-state index contributed by atoms with van der Waals surface area (Å²) in [4.78, 5) is 12.1. The first-order valence-electron chi connectivity index (χ1n) is 5.84. The lowest BCUT2D eigenvalue weighted by atomic mass is 10.1. The highest BCUT2D eigenvalue weighted by Gasteiger charge is 2.27. The number of phenolic OH excluding ortho intramolecular Hbond substituents is 3. The molecule has 3 N–H and O–H groups in total. The molecule has 2 aromatic carbocycles. The van der Waals surface area contributed by atoms with Crippen LogP contribution in [0, 0.1) is 0 Å². The number of hydrogen-bond acceptors (Lipinski definition) is 5. The van der Waals surface area contributed by atoms with Crippen LogP contribution < -0.4 is 4.74 Å². The third-order valence-corrected chi connectivity index (χ3v) is 2.99. The zero-order valence-corrected chi connectivity index (χ0v) is 10.2. The summed E-state index contributed by atoms with van der Waals surface area (Å²) in [6, 6.07) is 8.94. The molecule has 0 atom stereocenters. The van der Waals surface area contributed by atoms with Crippen molar-refractivity contribution in [3.8, 4) is 23.0 Å². The van der Waals surface area contributed by atoms with Gasteiger partial charge in [-0.3, -0.25) is 4.79 Å². The summed E-state index contributed by atoms with van der Waals surface area (Å²) in [6.07, 6.45) is 1.32. The molecule has 20 heavy (non-hydrogen) atoms. The highest BCUT2D eigenvalue weighted by atomic mass is 16.5. The molecule has 0 radical (unpaired) electrons. The number of ether oxygens (including phenoxy) is 1. The van der Waals surface area contributed by atoms with Gasteiger partial charge in [0.2, 0.25) is 5.78 Å². The molecule has 0 saturated heterocycles. The summed E-state index contributed by atoms with van der Waals surface area (Å²) in [5.74, 6) is -0.894. The molecule has 1 heterocycles. The number of phenols is 3. The number of carbonyl (C=O) groups excluding carboxylic acids is 1. The van der Waals surface area contributed by atoms with E-state index < -0.39 is 11.5 Å². The molecule has 100 valence electrons. The lowest BCUT2D eigenvalue weighted by molar-refractivity contribution is 0.101. The molecule has 0 aromatic heterocycles. The molecule has 2 aromatic rings. The molecule has 0 aliphatic carbocycles. The second kappa shape index (κ2) is 4.31. The summed E-state index contributed by atoms with van der Waals surface area (Å²) in [7, 11) is 0. The van der Waals surface area contributed by atoms with E-state index in [1.54, 1.807) is 24.3 Å². The van der Waals surface area contributed by atoms with Crippen LogP contribution in [0.1, 0.15) is 15.9 Å². The van der Waals surface area contributed by atoms with Crippen LogP contribution >= 0.6 is 0 Å². The Morgan fingerprint density at radius 1 is 0.950 bits per heavy atom. The van der Waals surface area contributed by atoms with Crippen molar-refractivity contribution >= 4 is 11.9 Å². The molecular weight excluding hydrogens is 260 g/mol. The molecule has 1 aliphatic rings. The maximum Gasteiger partial charge on any atom is 0.231 e. The van der Waals surface area contributed by atoms with E-state index in [1.165, 1.54) is 6.08 Å². The van der Waals surface area contributed by atoms with E-state index >= 15 is 0 Å². The van der Waals surface area contributed by atoms with Crippen molar-refractivity contribution in [2.24, 2.45) is 0 Å². The lowest BCUT2D eigenvalue weighted by Crippen LogP contribution is -1.98. The van der Waals surface area contributed by atoms with E-state index in [0.717, 1.165) is 12.1 Å². The van der Waals surface area contributed by atoms with Crippen LogP contribution in [-0.4, -0.2) is 21.1 Å². The van der Waals surface area contributed by atoms with E-state index in [4.69, 9.17) is 4.74 Å². The number of fused-ring (bicyclic) bond motifs is 1. The molecule has 0 bridgehead atoms. The van der Waals surface area contributed by atoms with Crippen LogP contribution in [0.25, 0.3) is 6.08 Å². The zero-order chi connectivity index (χ0) is 14.3. The van der Waals surface area contributed by atoms with Crippen molar-refractivity contribution < 1.29 is 24.9 Å². The lowest BCUT2D eigenvalue weighted by Gasteiger charge is -2.04. The van der Waals surface area contributed by atoms with Crippen LogP contribution in [0.4, 0.5) is 0 Å². The normalized spacial score (nSPS) is 15.2. The first-order chi connectivity index (χ1) is 9.56. The van der Waals surface area contributed by atoms with E-state index in [1.807, 2.05) is 0 Å². The van der Waals surface area contributed by atoms with E-state index in [9.17, 15) is 20.1 Å². The minimum absolute atomic E-state index is 0.0478. The predicted octanol–water partition coefficient (Wildman–Crippen LogP) is 2.42. The van der Waals surface area contributed by atoms with Gasteiger partial charge in [0.25, 0.3) is 0 Å². The molecule has 1 aliphatic heterocycles. The van der Waals surface area contributed by atoms with Gasteiger partial charge in [-0.25, -0.2) is 0 Å². The summed E-state index contributed by atoms with van der Waals surface area (Å²) in [6.45, 7) is 0. The molecule has 0 spiro atoms. The molecule has 5 nitrogen and oxygen atoms in total. The first-order valence-corrected chi connectivity index (χ1v) is 5.84. The molecule has 0 amide bonds. The van der Waals surface area contributed by atoms with E-state index in [2.05, 4.69) is 0 Å². The molecule has 0 saturated carbocycles. The quantitative estimate of drug-likeness (QED) is 0.421. The number of para-hydroxylation sites is 1. The largest absolute Gasteiger partial charge is 0.507 e. The smallest absolute Gasteiger partial charge is 0.231 e. The van der Waals surface area contributed by atoms with Gasteiger partial charge in [0.05, 0.1) is 5.56 Å². The SMILES string of the molecule is O=C1C(=Cc2cc(O)c(O)cc2O)Oc2ccccc21. The van der Waals surface area contributed by atoms with Gasteiger partial charge in [-0.15, -0.1) is 0 Å². The Hall–Kier alpha value is -2.95. The Morgan fingerprint density at radius 3 is 2.40 bits per heavy atom. The number of allylic oxidation sites excluding steroid dienone is 1. The zero-order valence-electron chi connectivity index (χ0n) is 10.2. The summed E-state index contributed by atoms with van der Waals surface area (Å²) in [5, 5.41) is 28.4. The number of benzene rings is 2. The molecule has 0 unspecified atom stereocenters. The number of aromatic hydroxyl groups is 3. The Labute approximate surface area is 114 Å². The van der Waals surface area contributed by atoms with Crippen LogP contribution in [0.2, 0.25) is 0 Å². The van der Waals surface area contributed by atoms with Crippen molar-refractivity contribution in [3.05, 3.63) is 53.3 Å². The number of carbonyl (C=O) groups is 1. The average Bonchev–Trinajstić information content (AvgIpc) is 2.73. The molecule has 0 fully saturated rings. The van der Waals surface area contributed by atoms with Gasteiger partial charge < -0.3 is 20.1 Å². The van der Waals surface area contributed by atoms with Crippen molar-refractivity contribution in [2.45, 2.75) is 0 Å². The highest BCUT2D eigenvalue weighted by molar-refractivity contribution is 6.14. The summed E-state index contributed by atoms with van der Waals surface area (Å²) >= 11 is 0.